The van der Waals surface area contributed by atoms with Crippen molar-refractivity contribution in [2.75, 3.05) is 13.1 Å². The predicted octanol–water partition coefficient (Wildman–Crippen LogP) is 3.34. The fourth-order valence-electron chi connectivity index (χ4n) is 5.05. The number of amides is 1. The summed E-state index contributed by atoms with van der Waals surface area (Å²) in [5.41, 5.74) is 0.371. The lowest BCUT2D eigenvalue weighted by Gasteiger charge is -2.41. The maximum Gasteiger partial charge on any atom is 0.222 e. The third-order valence-electron chi connectivity index (χ3n) is 6.02. The molecule has 0 radical (unpaired) electrons. The zero-order chi connectivity index (χ0) is 14.9. The Labute approximate surface area is 129 Å². The lowest BCUT2D eigenvalue weighted by molar-refractivity contribution is -0.136. The van der Waals surface area contributed by atoms with Crippen LogP contribution in [-0.4, -0.2) is 36.0 Å². The fourth-order valence-corrected chi connectivity index (χ4v) is 5.05. The van der Waals surface area contributed by atoms with Gasteiger partial charge in [0.15, 0.2) is 0 Å². The van der Waals surface area contributed by atoms with Crippen LogP contribution in [0.1, 0.15) is 71.6 Å². The van der Waals surface area contributed by atoms with Crippen LogP contribution >= 0.6 is 0 Å². The van der Waals surface area contributed by atoms with Crippen LogP contribution in [0.4, 0.5) is 0 Å². The smallest absolute Gasteiger partial charge is 0.222 e. The van der Waals surface area contributed by atoms with Crippen LogP contribution in [0.5, 0.6) is 0 Å². The zero-order valence-electron chi connectivity index (χ0n) is 13.9. The molecule has 3 aliphatic rings. The van der Waals surface area contributed by atoms with E-state index in [4.69, 9.17) is 0 Å². The third kappa shape index (κ3) is 3.61. The van der Waals surface area contributed by atoms with Crippen LogP contribution in [-0.2, 0) is 4.79 Å². The molecule has 1 amide bonds. The van der Waals surface area contributed by atoms with Crippen molar-refractivity contribution in [1.29, 1.82) is 0 Å². The molecule has 1 N–H and O–H groups in total. The van der Waals surface area contributed by atoms with E-state index in [1.54, 1.807) is 0 Å². The Morgan fingerprint density at radius 1 is 1.29 bits per heavy atom. The minimum Gasteiger partial charge on any atom is -0.342 e. The third-order valence-corrected chi connectivity index (χ3v) is 6.02. The van der Waals surface area contributed by atoms with E-state index in [2.05, 4.69) is 24.1 Å². The normalized spacial score (nSPS) is 39.5. The Bertz CT molecular complexity index is 367. The van der Waals surface area contributed by atoms with Gasteiger partial charge in [-0.1, -0.05) is 20.3 Å². The van der Waals surface area contributed by atoms with Crippen molar-refractivity contribution in [3.63, 3.8) is 0 Å². The van der Waals surface area contributed by atoms with Gasteiger partial charge in [-0.3, -0.25) is 4.79 Å². The Morgan fingerprint density at radius 3 is 2.67 bits per heavy atom. The van der Waals surface area contributed by atoms with E-state index in [0.29, 0.717) is 29.3 Å². The number of carbonyl (C=O) groups is 1. The van der Waals surface area contributed by atoms with Gasteiger partial charge in [-0.15, -0.1) is 0 Å². The van der Waals surface area contributed by atoms with Crippen LogP contribution in [0.25, 0.3) is 0 Å². The van der Waals surface area contributed by atoms with Gasteiger partial charge in [-0.05, 0) is 56.3 Å². The van der Waals surface area contributed by atoms with Crippen molar-refractivity contribution >= 4 is 5.91 Å². The average Bonchev–Trinajstić information content (AvgIpc) is 2.78. The molecule has 120 valence electrons. The van der Waals surface area contributed by atoms with Crippen LogP contribution in [0.3, 0.4) is 0 Å². The van der Waals surface area contributed by atoms with Crippen LogP contribution in [0.2, 0.25) is 0 Å². The molecule has 0 aromatic heterocycles. The van der Waals surface area contributed by atoms with E-state index in [9.17, 15) is 4.79 Å². The Balaban J connectivity index is 1.53. The quantitative estimate of drug-likeness (QED) is 0.862. The molecule has 3 aliphatic heterocycles. The largest absolute Gasteiger partial charge is 0.342 e. The molecule has 0 aromatic rings. The van der Waals surface area contributed by atoms with E-state index in [-0.39, 0.29) is 0 Å². The van der Waals surface area contributed by atoms with E-state index in [1.165, 1.54) is 51.4 Å². The molecule has 3 heteroatoms. The molecule has 3 rings (SSSR count). The molecule has 3 heterocycles. The molecular weight excluding hydrogens is 260 g/mol. The van der Waals surface area contributed by atoms with Gasteiger partial charge in [0.25, 0.3) is 0 Å². The predicted molar refractivity (Wildman–Crippen MR) is 86.1 cm³/mol. The van der Waals surface area contributed by atoms with Crippen molar-refractivity contribution < 1.29 is 4.79 Å². The number of nitrogens with one attached hydrogen (secondary N) is 1. The first-order valence-corrected chi connectivity index (χ1v) is 9.12. The summed E-state index contributed by atoms with van der Waals surface area (Å²) in [6.45, 7) is 6.63. The number of piperidine rings is 2. The highest BCUT2D eigenvalue weighted by Crippen LogP contribution is 2.36. The van der Waals surface area contributed by atoms with Crippen molar-refractivity contribution in [3.8, 4) is 0 Å². The van der Waals surface area contributed by atoms with Gasteiger partial charge in [0.1, 0.15) is 0 Å². The monoisotopic (exact) mass is 292 g/mol. The van der Waals surface area contributed by atoms with Crippen LogP contribution in [0, 0.1) is 11.3 Å². The molecule has 0 aromatic carbocycles. The topological polar surface area (TPSA) is 32.3 Å². The number of hydrogen-bond donors (Lipinski definition) is 1. The van der Waals surface area contributed by atoms with Gasteiger partial charge in [0.2, 0.25) is 5.91 Å². The first kappa shape index (κ1) is 15.3. The van der Waals surface area contributed by atoms with Gasteiger partial charge in [0.05, 0.1) is 0 Å². The summed E-state index contributed by atoms with van der Waals surface area (Å²) >= 11 is 0. The summed E-state index contributed by atoms with van der Waals surface area (Å²) in [5, 5.41) is 3.68. The van der Waals surface area contributed by atoms with Crippen LogP contribution < -0.4 is 5.32 Å². The second-order valence-electron chi connectivity index (χ2n) is 8.16. The van der Waals surface area contributed by atoms with E-state index in [0.717, 1.165) is 19.5 Å². The molecule has 3 nitrogen and oxygen atoms in total. The highest BCUT2D eigenvalue weighted by atomic mass is 16.2. The van der Waals surface area contributed by atoms with E-state index in [1.807, 2.05) is 0 Å². The summed E-state index contributed by atoms with van der Waals surface area (Å²) < 4.78 is 0. The summed E-state index contributed by atoms with van der Waals surface area (Å²) in [5.74, 6) is 1.07. The number of fused-ring (bicyclic) bond motifs is 2. The summed E-state index contributed by atoms with van der Waals surface area (Å²) in [4.78, 5) is 14.9. The zero-order valence-corrected chi connectivity index (χ0v) is 13.9. The maximum atomic E-state index is 12.7. The Morgan fingerprint density at radius 2 is 2.00 bits per heavy atom. The highest BCUT2D eigenvalue weighted by molar-refractivity contribution is 5.76. The number of hydrogen-bond acceptors (Lipinski definition) is 2. The minimum atomic E-state index is 0.371. The van der Waals surface area contributed by atoms with Gasteiger partial charge in [-0.2, -0.15) is 0 Å². The standard InChI is InChI=1S/C18H32N2O/c1-3-7-18(2)8-4-9-20(13-18)17(21)12-14-10-15-5-6-16(11-14)19-15/h14-16,19H,3-13H2,1-2H3. The molecule has 0 saturated carbocycles. The molecule has 21 heavy (non-hydrogen) atoms. The van der Waals surface area contributed by atoms with Crippen molar-refractivity contribution in [2.24, 2.45) is 11.3 Å². The molecule has 3 fully saturated rings. The van der Waals surface area contributed by atoms with E-state index < -0.39 is 0 Å². The maximum absolute atomic E-state index is 12.7. The molecule has 2 bridgehead atoms. The fraction of sp³-hybridized carbons (Fsp3) is 0.944. The first-order chi connectivity index (χ1) is 10.1. The van der Waals surface area contributed by atoms with Gasteiger partial charge < -0.3 is 10.2 Å². The lowest BCUT2D eigenvalue weighted by atomic mass is 9.78. The molecule has 3 saturated heterocycles. The number of carbonyl (C=O) groups excluding carboxylic acids is 1. The summed E-state index contributed by atoms with van der Waals surface area (Å²) in [7, 11) is 0. The van der Waals surface area contributed by atoms with E-state index >= 15 is 0 Å². The lowest BCUT2D eigenvalue weighted by Crippen LogP contribution is -2.46. The van der Waals surface area contributed by atoms with Gasteiger partial charge in [0, 0.05) is 31.6 Å². The SMILES string of the molecule is CCCC1(C)CCCN(C(=O)CC2CC3CCC(C2)N3)C1. The molecule has 3 unspecified atom stereocenters. The summed E-state index contributed by atoms with van der Waals surface area (Å²) in [6, 6.07) is 1.40. The van der Waals surface area contributed by atoms with Crippen LogP contribution in [0.15, 0.2) is 0 Å². The minimum absolute atomic E-state index is 0.371. The average molecular weight is 292 g/mol. The van der Waals surface area contributed by atoms with Gasteiger partial charge >= 0.3 is 0 Å². The molecule has 3 atom stereocenters. The number of nitrogens with zero attached hydrogens (tertiary/aromatic N) is 1. The second-order valence-corrected chi connectivity index (χ2v) is 8.16. The van der Waals surface area contributed by atoms with Gasteiger partial charge in [-0.25, -0.2) is 0 Å². The molecule has 0 aliphatic carbocycles. The highest BCUT2D eigenvalue weighted by Gasteiger charge is 2.36. The molecule has 0 spiro atoms. The van der Waals surface area contributed by atoms with Crippen molar-refractivity contribution in [1.82, 2.24) is 10.2 Å². The van der Waals surface area contributed by atoms with Crippen molar-refractivity contribution in [2.45, 2.75) is 83.7 Å². The summed E-state index contributed by atoms with van der Waals surface area (Å²) in [6.07, 6.45) is 10.9. The van der Waals surface area contributed by atoms with Crippen molar-refractivity contribution in [3.05, 3.63) is 0 Å². The first-order valence-electron chi connectivity index (χ1n) is 9.12. The number of rotatable bonds is 4. The Hall–Kier alpha value is -0.570. The molecular formula is C18H32N2O. The second kappa shape index (κ2) is 6.28. The number of likely N-dealkylation sites (tertiary alicyclic amines) is 1. The Kier molecular flexibility index (Phi) is 4.58.